The quantitative estimate of drug-likeness (QED) is 0.293. The lowest BCUT2D eigenvalue weighted by Crippen LogP contribution is -2.29. The number of phenolic OH excluding ortho intramolecular Hbond substituents is 1. The van der Waals surface area contributed by atoms with Crippen LogP contribution in [0.15, 0.2) is 79.0 Å². The summed E-state index contributed by atoms with van der Waals surface area (Å²) in [6.45, 7) is 4.16. The zero-order valence-electron chi connectivity index (χ0n) is 21.4. The second kappa shape index (κ2) is 10.6. The first-order valence-corrected chi connectivity index (χ1v) is 12.7. The summed E-state index contributed by atoms with van der Waals surface area (Å²) in [6.07, 6.45) is 1.79. The van der Waals surface area contributed by atoms with Gasteiger partial charge in [0.15, 0.2) is 5.11 Å². The number of pyridine rings is 1. The highest BCUT2D eigenvalue weighted by Crippen LogP contribution is 2.44. The number of ether oxygens (including phenoxy) is 1. The third-order valence-corrected chi connectivity index (χ3v) is 7.01. The maximum absolute atomic E-state index is 11.9. The van der Waals surface area contributed by atoms with E-state index in [4.69, 9.17) is 17.0 Å². The average molecular weight is 528 g/mol. The van der Waals surface area contributed by atoms with Gasteiger partial charge in [-0.1, -0.05) is 6.07 Å². The summed E-state index contributed by atoms with van der Waals surface area (Å²) in [6, 6.07) is 22.5. The maximum atomic E-state index is 11.9. The number of hydrogen-bond acceptors (Lipinski definition) is 5. The Morgan fingerprint density at radius 2 is 1.79 bits per heavy atom. The standard InChI is InChI=1S/C29H29N5O3S/c1-18-16-24(19(2)33(18)21-11-13-23(35)14-12-21)28-27(25-6-4-5-15-30-25)32-29(38)34(28)22-9-7-20(8-10-22)31-26(36)17-37-3/h4-16,27-28,35H,17H2,1-3H3,(H,31,36)(H,32,38). The number of rotatable bonds is 7. The summed E-state index contributed by atoms with van der Waals surface area (Å²) < 4.78 is 7.09. The molecule has 1 amide bonds. The summed E-state index contributed by atoms with van der Waals surface area (Å²) in [5.41, 5.74) is 6.67. The van der Waals surface area contributed by atoms with E-state index in [0.29, 0.717) is 10.8 Å². The molecule has 2 aromatic carbocycles. The molecular weight excluding hydrogens is 498 g/mol. The van der Waals surface area contributed by atoms with Gasteiger partial charge in [0.2, 0.25) is 5.91 Å². The molecule has 194 valence electrons. The van der Waals surface area contributed by atoms with E-state index in [1.807, 2.05) is 54.6 Å². The van der Waals surface area contributed by atoms with Crippen molar-refractivity contribution >= 4 is 34.6 Å². The van der Waals surface area contributed by atoms with Crippen LogP contribution in [0.2, 0.25) is 0 Å². The molecule has 38 heavy (non-hydrogen) atoms. The zero-order valence-corrected chi connectivity index (χ0v) is 22.2. The number of nitrogens with zero attached hydrogens (tertiary/aromatic N) is 3. The molecule has 8 nitrogen and oxygen atoms in total. The largest absolute Gasteiger partial charge is 0.508 e. The zero-order chi connectivity index (χ0) is 26.8. The summed E-state index contributed by atoms with van der Waals surface area (Å²) in [5, 5.41) is 16.7. The number of aromatic nitrogens is 2. The third kappa shape index (κ3) is 4.85. The van der Waals surface area contributed by atoms with E-state index in [-0.39, 0.29) is 30.3 Å². The molecule has 5 rings (SSSR count). The van der Waals surface area contributed by atoms with Gasteiger partial charge >= 0.3 is 0 Å². The van der Waals surface area contributed by atoms with E-state index in [1.54, 1.807) is 18.3 Å². The van der Waals surface area contributed by atoms with Crippen LogP contribution in [0.25, 0.3) is 5.69 Å². The van der Waals surface area contributed by atoms with Crippen LogP contribution in [0.5, 0.6) is 5.75 Å². The van der Waals surface area contributed by atoms with Crippen molar-refractivity contribution in [2.24, 2.45) is 0 Å². The smallest absolute Gasteiger partial charge is 0.250 e. The number of aromatic hydroxyl groups is 1. The van der Waals surface area contributed by atoms with Crippen molar-refractivity contribution in [3.63, 3.8) is 0 Å². The minimum Gasteiger partial charge on any atom is -0.508 e. The molecule has 2 unspecified atom stereocenters. The van der Waals surface area contributed by atoms with Gasteiger partial charge in [-0.3, -0.25) is 9.78 Å². The Balaban J connectivity index is 1.57. The summed E-state index contributed by atoms with van der Waals surface area (Å²) in [4.78, 5) is 18.7. The highest BCUT2D eigenvalue weighted by Gasteiger charge is 2.42. The lowest BCUT2D eigenvalue weighted by Gasteiger charge is -2.28. The van der Waals surface area contributed by atoms with Crippen LogP contribution < -0.4 is 15.5 Å². The molecule has 0 bridgehead atoms. The van der Waals surface area contributed by atoms with Crippen molar-refractivity contribution in [3.8, 4) is 11.4 Å². The number of hydrogen-bond donors (Lipinski definition) is 3. The minimum absolute atomic E-state index is 0.00758. The number of nitrogens with one attached hydrogen (secondary N) is 2. The maximum Gasteiger partial charge on any atom is 0.250 e. The molecule has 2 atom stereocenters. The first-order valence-electron chi connectivity index (χ1n) is 12.2. The molecular formula is C29H29N5O3S. The molecule has 1 aliphatic rings. The number of methoxy groups -OCH3 is 1. The topological polar surface area (TPSA) is 91.7 Å². The fraction of sp³-hybridized carbons (Fsp3) is 0.207. The number of thiocarbonyl (C=S) groups is 1. The fourth-order valence-corrected chi connectivity index (χ4v) is 5.41. The van der Waals surface area contributed by atoms with Crippen molar-refractivity contribution in [2.45, 2.75) is 25.9 Å². The number of anilines is 2. The Kier molecular flexibility index (Phi) is 7.13. The third-order valence-electron chi connectivity index (χ3n) is 6.70. The van der Waals surface area contributed by atoms with E-state index in [9.17, 15) is 9.90 Å². The molecule has 1 fully saturated rings. The normalized spacial score (nSPS) is 16.9. The van der Waals surface area contributed by atoms with Crippen molar-refractivity contribution in [3.05, 3.63) is 102 Å². The predicted octanol–water partition coefficient (Wildman–Crippen LogP) is 4.96. The van der Waals surface area contributed by atoms with Gasteiger partial charge in [0.05, 0.1) is 17.8 Å². The van der Waals surface area contributed by atoms with Crippen LogP contribution >= 0.6 is 12.2 Å². The Labute approximate surface area is 226 Å². The number of carbonyl (C=O) groups is 1. The lowest BCUT2D eigenvalue weighted by atomic mass is 9.96. The lowest BCUT2D eigenvalue weighted by molar-refractivity contribution is -0.119. The monoisotopic (exact) mass is 527 g/mol. The van der Waals surface area contributed by atoms with Crippen molar-refractivity contribution in [1.82, 2.24) is 14.9 Å². The molecule has 1 saturated heterocycles. The van der Waals surface area contributed by atoms with Crippen molar-refractivity contribution in [1.29, 1.82) is 0 Å². The SMILES string of the molecule is COCC(=O)Nc1ccc(N2C(=S)NC(c3ccccn3)C2c2cc(C)n(-c3ccc(O)cc3)c2C)cc1. The van der Waals surface area contributed by atoms with E-state index >= 15 is 0 Å². The van der Waals surface area contributed by atoms with Gasteiger partial charge in [-0.25, -0.2) is 0 Å². The Hall–Kier alpha value is -4.21. The van der Waals surface area contributed by atoms with Gasteiger partial charge < -0.3 is 29.9 Å². The van der Waals surface area contributed by atoms with Crippen LogP contribution in [0.1, 0.15) is 34.7 Å². The predicted molar refractivity (Wildman–Crippen MR) is 152 cm³/mol. The number of amides is 1. The van der Waals surface area contributed by atoms with Crippen LogP contribution in [-0.4, -0.2) is 39.4 Å². The first kappa shape index (κ1) is 25.4. The first-order chi connectivity index (χ1) is 18.4. The molecule has 0 spiro atoms. The van der Waals surface area contributed by atoms with Gasteiger partial charge in [0.1, 0.15) is 12.4 Å². The van der Waals surface area contributed by atoms with E-state index in [0.717, 1.165) is 34.0 Å². The summed E-state index contributed by atoms with van der Waals surface area (Å²) in [5.74, 6) is 0.0124. The van der Waals surface area contributed by atoms with Gasteiger partial charge in [-0.05, 0) is 98.4 Å². The second-order valence-electron chi connectivity index (χ2n) is 9.20. The van der Waals surface area contributed by atoms with Crippen LogP contribution in [-0.2, 0) is 9.53 Å². The highest BCUT2D eigenvalue weighted by atomic mass is 32.1. The van der Waals surface area contributed by atoms with Crippen molar-refractivity contribution < 1.29 is 14.6 Å². The van der Waals surface area contributed by atoms with Gasteiger partial charge in [0, 0.05) is 41.8 Å². The van der Waals surface area contributed by atoms with Gasteiger partial charge in [0.25, 0.3) is 0 Å². The molecule has 9 heteroatoms. The number of aryl methyl sites for hydroxylation is 1. The molecule has 3 N–H and O–H groups in total. The van der Waals surface area contributed by atoms with E-state index in [1.165, 1.54) is 7.11 Å². The van der Waals surface area contributed by atoms with Crippen LogP contribution in [0.3, 0.4) is 0 Å². The Morgan fingerprint density at radius 3 is 2.45 bits per heavy atom. The van der Waals surface area contributed by atoms with Crippen LogP contribution in [0, 0.1) is 13.8 Å². The number of phenols is 1. The van der Waals surface area contributed by atoms with Crippen LogP contribution in [0.4, 0.5) is 11.4 Å². The van der Waals surface area contributed by atoms with E-state index < -0.39 is 0 Å². The second-order valence-corrected chi connectivity index (χ2v) is 9.59. The fourth-order valence-electron chi connectivity index (χ4n) is 5.07. The molecule has 4 aromatic rings. The summed E-state index contributed by atoms with van der Waals surface area (Å²) >= 11 is 5.87. The molecule has 1 aliphatic heterocycles. The van der Waals surface area contributed by atoms with Gasteiger partial charge in [-0.2, -0.15) is 0 Å². The average Bonchev–Trinajstić information content (AvgIpc) is 3.41. The molecule has 3 heterocycles. The molecule has 0 saturated carbocycles. The number of carbonyl (C=O) groups excluding carboxylic acids is 1. The Bertz CT molecular complexity index is 1450. The minimum atomic E-state index is -0.214. The molecule has 2 aromatic heterocycles. The van der Waals surface area contributed by atoms with E-state index in [2.05, 4.69) is 45.0 Å². The number of benzene rings is 2. The Morgan fingerprint density at radius 1 is 1.08 bits per heavy atom. The molecule has 0 radical (unpaired) electrons. The van der Waals surface area contributed by atoms with Crippen molar-refractivity contribution in [2.75, 3.05) is 23.9 Å². The van der Waals surface area contributed by atoms with Gasteiger partial charge in [-0.15, -0.1) is 0 Å². The summed E-state index contributed by atoms with van der Waals surface area (Å²) in [7, 11) is 1.49. The highest BCUT2D eigenvalue weighted by molar-refractivity contribution is 7.80. The molecule has 0 aliphatic carbocycles.